The molecule has 2 aromatic heterocycles. The van der Waals surface area contributed by atoms with Gasteiger partial charge in [0, 0.05) is 29.3 Å². The van der Waals surface area contributed by atoms with Crippen LogP contribution in [0.4, 0.5) is 5.82 Å². The fourth-order valence-corrected chi connectivity index (χ4v) is 2.54. The Bertz CT molecular complexity index is 791. The molecule has 0 radical (unpaired) electrons. The molecule has 106 valence electrons. The first-order valence-electron chi connectivity index (χ1n) is 7.14. The van der Waals surface area contributed by atoms with Gasteiger partial charge in [-0.2, -0.15) is 0 Å². The van der Waals surface area contributed by atoms with Crippen molar-refractivity contribution in [2.75, 3.05) is 11.9 Å². The molecule has 21 heavy (non-hydrogen) atoms. The molecule has 0 aliphatic heterocycles. The molecule has 3 aromatic rings. The van der Waals surface area contributed by atoms with E-state index in [0.29, 0.717) is 0 Å². The number of pyridine rings is 1. The number of anilines is 1. The molecule has 1 N–H and O–H groups in total. The Kier molecular flexibility index (Phi) is 3.52. The van der Waals surface area contributed by atoms with Crippen molar-refractivity contribution < 1.29 is 0 Å². The van der Waals surface area contributed by atoms with Gasteiger partial charge in [-0.25, -0.2) is 9.97 Å². The summed E-state index contributed by atoms with van der Waals surface area (Å²) in [6.07, 6.45) is 1.81. The second-order valence-electron chi connectivity index (χ2n) is 5.00. The lowest BCUT2D eigenvalue weighted by molar-refractivity contribution is 1.02. The molecule has 0 bridgehead atoms. The number of nitrogens with one attached hydrogen (secondary N) is 1. The van der Waals surface area contributed by atoms with Crippen LogP contribution in [-0.4, -0.2) is 21.5 Å². The highest BCUT2D eigenvalue weighted by atomic mass is 15.0. The molecule has 0 atom stereocenters. The highest BCUT2D eigenvalue weighted by molar-refractivity contribution is 5.94. The molecule has 4 nitrogen and oxygen atoms in total. The third-order valence-electron chi connectivity index (χ3n) is 3.50. The molecule has 0 fully saturated rings. The Morgan fingerprint density at radius 3 is 2.71 bits per heavy atom. The quantitative estimate of drug-likeness (QED) is 0.793. The van der Waals surface area contributed by atoms with Crippen LogP contribution in [0.5, 0.6) is 0 Å². The molecule has 0 amide bonds. The van der Waals surface area contributed by atoms with Crippen LogP contribution in [0, 0.1) is 13.8 Å². The van der Waals surface area contributed by atoms with Gasteiger partial charge >= 0.3 is 0 Å². The first-order chi connectivity index (χ1) is 10.2. The van der Waals surface area contributed by atoms with Gasteiger partial charge in [-0.05, 0) is 32.9 Å². The summed E-state index contributed by atoms with van der Waals surface area (Å²) in [6, 6.07) is 10.2. The van der Waals surface area contributed by atoms with Crippen LogP contribution < -0.4 is 5.32 Å². The van der Waals surface area contributed by atoms with E-state index >= 15 is 0 Å². The first kappa shape index (κ1) is 13.5. The predicted molar refractivity (Wildman–Crippen MR) is 86.4 cm³/mol. The van der Waals surface area contributed by atoms with E-state index in [1.165, 1.54) is 0 Å². The van der Waals surface area contributed by atoms with Crippen molar-refractivity contribution in [2.24, 2.45) is 0 Å². The minimum atomic E-state index is 0.771. The Morgan fingerprint density at radius 1 is 1.05 bits per heavy atom. The number of hydrogen-bond donors (Lipinski definition) is 1. The smallest absolute Gasteiger partial charge is 0.133 e. The van der Waals surface area contributed by atoms with Gasteiger partial charge in [-0.15, -0.1) is 0 Å². The lowest BCUT2D eigenvalue weighted by Crippen LogP contribution is -2.06. The maximum atomic E-state index is 4.66. The fraction of sp³-hybridized carbons (Fsp3) is 0.235. The van der Waals surface area contributed by atoms with Crippen LogP contribution in [0.1, 0.15) is 18.3 Å². The minimum Gasteiger partial charge on any atom is -0.370 e. The van der Waals surface area contributed by atoms with Crippen LogP contribution >= 0.6 is 0 Å². The van der Waals surface area contributed by atoms with E-state index < -0.39 is 0 Å². The van der Waals surface area contributed by atoms with Gasteiger partial charge in [0.15, 0.2) is 0 Å². The first-order valence-corrected chi connectivity index (χ1v) is 7.14. The number of aryl methyl sites for hydroxylation is 1. The van der Waals surface area contributed by atoms with Gasteiger partial charge in [-0.1, -0.05) is 18.2 Å². The number of hydrogen-bond acceptors (Lipinski definition) is 4. The third-order valence-corrected chi connectivity index (χ3v) is 3.50. The Labute approximate surface area is 124 Å². The second-order valence-corrected chi connectivity index (χ2v) is 5.00. The van der Waals surface area contributed by atoms with Gasteiger partial charge in [0.05, 0.1) is 11.2 Å². The monoisotopic (exact) mass is 278 g/mol. The summed E-state index contributed by atoms with van der Waals surface area (Å²) in [7, 11) is 0. The molecule has 0 saturated carbocycles. The summed E-state index contributed by atoms with van der Waals surface area (Å²) < 4.78 is 0. The van der Waals surface area contributed by atoms with E-state index in [2.05, 4.69) is 46.2 Å². The number of fused-ring (bicyclic) bond motifs is 1. The molecule has 0 unspecified atom stereocenters. The van der Waals surface area contributed by atoms with Gasteiger partial charge in [-0.3, -0.25) is 4.98 Å². The maximum absolute atomic E-state index is 4.66. The van der Waals surface area contributed by atoms with Crippen molar-refractivity contribution in [1.29, 1.82) is 0 Å². The topological polar surface area (TPSA) is 50.7 Å². The Hall–Kier alpha value is -2.49. The van der Waals surface area contributed by atoms with Crippen molar-refractivity contribution in [1.82, 2.24) is 15.0 Å². The summed E-state index contributed by atoms with van der Waals surface area (Å²) in [5.41, 5.74) is 4.12. The van der Waals surface area contributed by atoms with Gasteiger partial charge in [0.25, 0.3) is 0 Å². The predicted octanol–water partition coefficient (Wildman–Crippen LogP) is 3.74. The normalized spacial score (nSPS) is 10.8. The number of benzene rings is 1. The molecular formula is C17H18N4. The number of aromatic nitrogens is 3. The summed E-state index contributed by atoms with van der Waals surface area (Å²) in [4.78, 5) is 13.6. The average molecular weight is 278 g/mol. The standard InChI is InChI=1S/C17H18N4/c1-4-18-17-11(2)16(20-12(3)21-17)14-7-5-9-15-13(14)8-6-10-19-15/h5-10H,4H2,1-3H3,(H,18,20,21). The van der Waals surface area contributed by atoms with Crippen molar-refractivity contribution in [3.05, 3.63) is 47.9 Å². The van der Waals surface area contributed by atoms with Crippen molar-refractivity contribution in [3.63, 3.8) is 0 Å². The zero-order valence-electron chi connectivity index (χ0n) is 12.5. The van der Waals surface area contributed by atoms with Crippen LogP contribution in [0.25, 0.3) is 22.2 Å². The Balaban J connectivity index is 2.28. The van der Waals surface area contributed by atoms with Crippen LogP contribution in [0.3, 0.4) is 0 Å². The van der Waals surface area contributed by atoms with E-state index in [4.69, 9.17) is 0 Å². The van der Waals surface area contributed by atoms with E-state index in [0.717, 1.165) is 45.9 Å². The zero-order valence-corrected chi connectivity index (χ0v) is 12.5. The molecule has 4 heteroatoms. The lowest BCUT2D eigenvalue weighted by Gasteiger charge is -2.13. The lowest BCUT2D eigenvalue weighted by atomic mass is 10.0. The van der Waals surface area contributed by atoms with Crippen LogP contribution in [0.2, 0.25) is 0 Å². The molecule has 0 aliphatic rings. The summed E-state index contributed by atoms with van der Waals surface area (Å²) in [5, 5.41) is 4.42. The summed E-state index contributed by atoms with van der Waals surface area (Å²) in [5.74, 6) is 1.67. The summed E-state index contributed by atoms with van der Waals surface area (Å²) >= 11 is 0. The van der Waals surface area contributed by atoms with Crippen molar-refractivity contribution in [3.8, 4) is 11.3 Å². The number of rotatable bonds is 3. The van der Waals surface area contributed by atoms with E-state index in [9.17, 15) is 0 Å². The number of nitrogens with zero attached hydrogens (tertiary/aromatic N) is 3. The van der Waals surface area contributed by atoms with Gasteiger partial charge < -0.3 is 5.32 Å². The molecule has 0 saturated heterocycles. The Morgan fingerprint density at radius 2 is 1.90 bits per heavy atom. The van der Waals surface area contributed by atoms with E-state index in [1.807, 2.05) is 31.3 Å². The molecular weight excluding hydrogens is 260 g/mol. The third kappa shape index (κ3) is 2.44. The van der Waals surface area contributed by atoms with Crippen molar-refractivity contribution >= 4 is 16.7 Å². The summed E-state index contributed by atoms with van der Waals surface area (Å²) in [6.45, 7) is 6.89. The van der Waals surface area contributed by atoms with Crippen LogP contribution in [0.15, 0.2) is 36.5 Å². The van der Waals surface area contributed by atoms with E-state index in [1.54, 1.807) is 0 Å². The molecule has 2 heterocycles. The van der Waals surface area contributed by atoms with Crippen molar-refractivity contribution in [2.45, 2.75) is 20.8 Å². The van der Waals surface area contributed by atoms with E-state index in [-0.39, 0.29) is 0 Å². The average Bonchev–Trinajstić information content (AvgIpc) is 2.50. The molecule has 1 aromatic carbocycles. The molecule has 0 spiro atoms. The molecule has 0 aliphatic carbocycles. The largest absolute Gasteiger partial charge is 0.370 e. The second kappa shape index (κ2) is 5.48. The van der Waals surface area contributed by atoms with Gasteiger partial charge in [0.2, 0.25) is 0 Å². The molecule has 3 rings (SSSR count). The van der Waals surface area contributed by atoms with Crippen LogP contribution in [-0.2, 0) is 0 Å². The fourth-order valence-electron chi connectivity index (χ4n) is 2.54. The van der Waals surface area contributed by atoms with Gasteiger partial charge in [0.1, 0.15) is 11.6 Å². The minimum absolute atomic E-state index is 0.771. The SMILES string of the molecule is CCNc1nc(C)nc(-c2cccc3ncccc23)c1C. The highest BCUT2D eigenvalue weighted by Gasteiger charge is 2.13. The maximum Gasteiger partial charge on any atom is 0.133 e. The highest BCUT2D eigenvalue weighted by Crippen LogP contribution is 2.30. The zero-order chi connectivity index (χ0) is 14.8.